The van der Waals surface area contributed by atoms with E-state index < -0.39 is 0 Å². The van der Waals surface area contributed by atoms with Gasteiger partial charge in [0.05, 0.1) is 0 Å². The number of hydrogen-bond acceptors (Lipinski definition) is 0. The first-order valence-corrected chi connectivity index (χ1v) is 10.0. The largest absolute Gasteiger partial charge is 0.0974 e. The first-order valence-electron chi connectivity index (χ1n) is 8.49. The van der Waals surface area contributed by atoms with Gasteiger partial charge in [0.1, 0.15) is 0 Å². The summed E-state index contributed by atoms with van der Waals surface area (Å²) >= 11 is 0. The Kier molecular flexibility index (Phi) is 5.99. The molecule has 1 heterocycles. The standard InChI is InChI=1S/C17H33P/c1-4-16-11-7-5-6-10-15(3)18(16)17-12-8-9-14(2)13-17/h14-17H,4-13H2,1-3H3. The summed E-state index contributed by atoms with van der Waals surface area (Å²) in [5, 5.41) is 0. The minimum Gasteiger partial charge on any atom is -0.0974 e. The van der Waals surface area contributed by atoms with Crippen LogP contribution in [0, 0.1) is 5.92 Å². The molecule has 0 aromatic carbocycles. The van der Waals surface area contributed by atoms with Gasteiger partial charge in [-0.05, 0) is 55.0 Å². The molecule has 0 bridgehead atoms. The summed E-state index contributed by atoms with van der Waals surface area (Å²) in [6.45, 7) is 7.55. The molecule has 0 spiro atoms. The van der Waals surface area contributed by atoms with Crippen molar-refractivity contribution in [3.8, 4) is 0 Å². The van der Waals surface area contributed by atoms with Gasteiger partial charge in [0.2, 0.25) is 0 Å². The van der Waals surface area contributed by atoms with Crippen LogP contribution in [-0.4, -0.2) is 17.0 Å². The van der Waals surface area contributed by atoms with Crippen LogP contribution in [0.3, 0.4) is 0 Å². The molecular weight excluding hydrogens is 235 g/mol. The predicted molar refractivity (Wildman–Crippen MR) is 85.0 cm³/mol. The molecule has 5 atom stereocenters. The molecule has 5 unspecified atom stereocenters. The maximum atomic E-state index is 2.60. The second kappa shape index (κ2) is 7.28. The van der Waals surface area contributed by atoms with Gasteiger partial charge in [-0.25, -0.2) is 0 Å². The van der Waals surface area contributed by atoms with Gasteiger partial charge >= 0.3 is 0 Å². The average molecular weight is 268 g/mol. The third-order valence-corrected chi connectivity index (χ3v) is 9.45. The van der Waals surface area contributed by atoms with E-state index in [0.717, 1.165) is 22.9 Å². The van der Waals surface area contributed by atoms with Gasteiger partial charge < -0.3 is 0 Å². The summed E-state index contributed by atoms with van der Waals surface area (Å²) < 4.78 is 0. The fourth-order valence-electron chi connectivity index (χ4n) is 4.40. The van der Waals surface area contributed by atoms with E-state index in [-0.39, 0.29) is 0 Å². The van der Waals surface area contributed by atoms with Gasteiger partial charge in [-0.3, -0.25) is 0 Å². The van der Waals surface area contributed by atoms with Gasteiger partial charge in [-0.15, -0.1) is 0 Å². The molecule has 0 amide bonds. The van der Waals surface area contributed by atoms with Gasteiger partial charge in [-0.2, -0.15) is 0 Å². The Morgan fingerprint density at radius 3 is 2.39 bits per heavy atom. The lowest BCUT2D eigenvalue weighted by atomic mass is 9.90. The molecule has 106 valence electrons. The Labute approximate surface area is 116 Å². The zero-order chi connectivity index (χ0) is 13.0. The second-order valence-electron chi connectivity index (χ2n) is 6.92. The Morgan fingerprint density at radius 2 is 1.67 bits per heavy atom. The molecule has 0 aromatic rings. The van der Waals surface area contributed by atoms with E-state index in [2.05, 4.69) is 20.8 Å². The highest BCUT2D eigenvalue weighted by molar-refractivity contribution is 7.59. The number of rotatable bonds is 2. The summed E-state index contributed by atoms with van der Waals surface area (Å²) in [4.78, 5) is 0. The van der Waals surface area contributed by atoms with Crippen molar-refractivity contribution in [2.45, 2.75) is 102 Å². The topological polar surface area (TPSA) is 0 Å². The van der Waals surface area contributed by atoms with Crippen LogP contribution in [0.2, 0.25) is 0 Å². The van der Waals surface area contributed by atoms with Crippen molar-refractivity contribution in [3.05, 3.63) is 0 Å². The van der Waals surface area contributed by atoms with Crippen molar-refractivity contribution in [3.63, 3.8) is 0 Å². The van der Waals surface area contributed by atoms with E-state index >= 15 is 0 Å². The molecule has 1 saturated heterocycles. The fourth-order valence-corrected chi connectivity index (χ4v) is 8.90. The number of hydrogen-bond donors (Lipinski definition) is 0. The van der Waals surface area contributed by atoms with E-state index in [0.29, 0.717) is 7.92 Å². The lowest BCUT2D eigenvalue weighted by Gasteiger charge is -2.43. The fraction of sp³-hybridized carbons (Fsp3) is 1.00. The molecule has 2 aliphatic rings. The molecule has 1 aliphatic carbocycles. The van der Waals surface area contributed by atoms with Crippen LogP contribution in [0.4, 0.5) is 0 Å². The molecule has 2 fully saturated rings. The van der Waals surface area contributed by atoms with Crippen molar-refractivity contribution in [1.29, 1.82) is 0 Å². The van der Waals surface area contributed by atoms with E-state index in [1.165, 1.54) is 44.9 Å². The summed E-state index contributed by atoms with van der Waals surface area (Å²) in [5.41, 5.74) is 3.29. The average Bonchev–Trinajstić information content (AvgIpc) is 2.34. The molecule has 2 rings (SSSR count). The molecule has 0 radical (unpaired) electrons. The Balaban J connectivity index is 2.06. The smallest absolute Gasteiger partial charge is 0.0202 e. The van der Waals surface area contributed by atoms with Crippen LogP contribution in [0.5, 0.6) is 0 Å². The molecule has 0 nitrogen and oxygen atoms in total. The first kappa shape index (κ1) is 14.8. The highest BCUT2D eigenvalue weighted by Gasteiger charge is 2.34. The van der Waals surface area contributed by atoms with Gasteiger partial charge in [-0.1, -0.05) is 60.8 Å². The zero-order valence-electron chi connectivity index (χ0n) is 12.8. The van der Waals surface area contributed by atoms with E-state index in [1.807, 2.05) is 0 Å². The molecule has 1 heteroatoms. The van der Waals surface area contributed by atoms with Crippen LogP contribution in [0.15, 0.2) is 0 Å². The quantitative estimate of drug-likeness (QED) is 0.525. The van der Waals surface area contributed by atoms with Gasteiger partial charge in [0, 0.05) is 0 Å². The van der Waals surface area contributed by atoms with Gasteiger partial charge in [0.25, 0.3) is 0 Å². The van der Waals surface area contributed by atoms with E-state index in [9.17, 15) is 0 Å². The SMILES string of the molecule is CCC1CCCCCC(C)P1C1CCCC(C)C1. The normalized spacial score (nSPS) is 43.2. The lowest BCUT2D eigenvalue weighted by Crippen LogP contribution is -2.27. The molecular formula is C17H33P. The van der Waals surface area contributed by atoms with Crippen molar-refractivity contribution >= 4 is 7.92 Å². The second-order valence-corrected chi connectivity index (χ2v) is 10.2. The Bertz CT molecular complexity index is 238. The van der Waals surface area contributed by atoms with Crippen LogP contribution in [0.25, 0.3) is 0 Å². The predicted octanol–water partition coefficient (Wildman–Crippen LogP) is 6.18. The van der Waals surface area contributed by atoms with Crippen LogP contribution in [-0.2, 0) is 0 Å². The van der Waals surface area contributed by atoms with Crippen molar-refractivity contribution in [2.24, 2.45) is 5.92 Å². The third-order valence-electron chi connectivity index (χ3n) is 5.39. The highest BCUT2D eigenvalue weighted by Crippen LogP contribution is 2.59. The van der Waals surface area contributed by atoms with Gasteiger partial charge in [0.15, 0.2) is 0 Å². The maximum absolute atomic E-state index is 2.60. The summed E-state index contributed by atoms with van der Waals surface area (Å²) in [7, 11) is 0.315. The Morgan fingerprint density at radius 1 is 0.889 bits per heavy atom. The maximum Gasteiger partial charge on any atom is -0.0202 e. The zero-order valence-corrected chi connectivity index (χ0v) is 13.7. The minimum absolute atomic E-state index is 0.315. The van der Waals surface area contributed by atoms with E-state index in [4.69, 9.17) is 0 Å². The molecule has 0 N–H and O–H groups in total. The molecule has 1 aliphatic heterocycles. The summed E-state index contributed by atoms with van der Waals surface area (Å²) in [6, 6.07) is 0. The Hall–Kier alpha value is 0.430. The van der Waals surface area contributed by atoms with Crippen LogP contribution < -0.4 is 0 Å². The minimum atomic E-state index is 0.315. The third kappa shape index (κ3) is 3.72. The van der Waals surface area contributed by atoms with Crippen LogP contribution >= 0.6 is 7.92 Å². The lowest BCUT2D eigenvalue weighted by molar-refractivity contribution is 0.386. The summed E-state index contributed by atoms with van der Waals surface area (Å²) in [6.07, 6.45) is 15.2. The molecule has 18 heavy (non-hydrogen) atoms. The van der Waals surface area contributed by atoms with E-state index in [1.54, 1.807) is 19.3 Å². The monoisotopic (exact) mass is 268 g/mol. The highest BCUT2D eigenvalue weighted by atomic mass is 31.1. The first-order chi connectivity index (χ1) is 8.72. The van der Waals surface area contributed by atoms with Crippen molar-refractivity contribution < 1.29 is 0 Å². The van der Waals surface area contributed by atoms with Crippen molar-refractivity contribution in [1.82, 2.24) is 0 Å². The summed E-state index contributed by atoms with van der Waals surface area (Å²) in [5.74, 6) is 1.02. The van der Waals surface area contributed by atoms with Crippen molar-refractivity contribution in [2.75, 3.05) is 0 Å². The van der Waals surface area contributed by atoms with Crippen LogP contribution in [0.1, 0.15) is 85.0 Å². The molecule has 1 saturated carbocycles. The molecule has 0 aromatic heterocycles.